The van der Waals surface area contributed by atoms with Gasteiger partial charge in [-0.2, -0.15) is 12.7 Å². The lowest BCUT2D eigenvalue weighted by atomic mass is 10.1. The summed E-state index contributed by atoms with van der Waals surface area (Å²) in [5.41, 5.74) is 1.09. The molecular weight excluding hydrogens is 560 g/mol. The smallest absolute Gasteiger partial charge is 0.410 e. The van der Waals surface area contributed by atoms with Crippen molar-refractivity contribution in [2.75, 3.05) is 37.5 Å². The summed E-state index contributed by atoms with van der Waals surface area (Å²) in [6.45, 7) is 8.03. The van der Waals surface area contributed by atoms with Crippen molar-refractivity contribution in [3.05, 3.63) is 17.7 Å². The van der Waals surface area contributed by atoms with Crippen molar-refractivity contribution < 1.29 is 31.9 Å². The molecule has 2 saturated carbocycles. The maximum absolute atomic E-state index is 13.3. The van der Waals surface area contributed by atoms with Crippen LogP contribution in [0.1, 0.15) is 90.0 Å². The maximum atomic E-state index is 13.3. The summed E-state index contributed by atoms with van der Waals surface area (Å²) < 4.78 is 54.3. The quantitative estimate of drug-likeness (QED) is 0.403. The fourth-order valence-corrected chi connectivity index (χ4v) is 7.49. The molecule has 0 unspecified atom stereocenters. The number of nitrogens with one attached hydrogen (secondary N) is 1. The molecule has 3 heterocycles. The lowest BCUT2D eigenvalue weighted by molar-refractivity contribution is -0.0306. The van der Waals surface area contributed by atoms with Gasteiger partial charge in [0, 0.05) is 25.7 Å². The van der Waals surface area contributed by atoms with Gasteiger partial charge in [-0.05, 0) is 89.2 Å². The Morgan fingerprint density at radius 3 is 2.43 bits per heavy atom. The van der Waals surface area contributed by atoms with Gasteiger partial charge in [-0.1, -0.05) is 18.0 Å². The van der Waals surface area contributed by atoms with Crippen LogP contribution in [0.4, 0.5) is 10.6 Å². The number of anilines is 1. The Balaban J connectivity index is 1.04. The highest BCUT2D eigenvalue weighted by Gasteiger charge is 2.35. The van der Waals surface area contributed by atoms with E-state index in [1.165, 1.54) is 30.0 Å². The van der Waals surface area contributed by atoms with Crippen LogP contribution in [0.3, 0.4) is 0 Å². The topological polar surface area (TPSA) is 123 Å². The molecule has 2 aliphatic carbocycles. The number of rotatable bonds is 9. The molecule has 2 saturated heterocycles. The average Bonchev–Trinajstić information content (AvgIpc) is 3.28. The van der Waals surface area contributed by atoms with E-state index < -0.39 is 15.8 Å². The van der Waals surface area contributed by atoms with E-state index in [0.717, 1.165) is 30.6 Å². The average molecular weight is 605 g/mol. The number of hydrogen-bond acceptors (Lipinski definition) is 8. The maximum Gasteiger partial charge on any atom is 0.410 e. The molecule has 11 nitrogen and oxygen atoms in total. The Kier molecular flexibility index (Phi) is 8.32. The van der Waals surface area contributed by atoms with E-state index in [0.29, 0.717) is 68.4 Å². The van der Waals surface area contributed by atoms with E-state index in [9.17, 15) is 13.2 Å². The Bertz CT molecular complexity index is 1370. The number of piperidine rings is 1. The zero-order chi connectivity index (χ0) is 29.5. The third-order valence-electron chi connectivity index (χ3n) is 8.72. The number of fused-ring (bicyclic) bond motifs is 1. The molecule has 0 spiro atoms. The molecule has 12 heteroatoms. The summed E-state index contributed by atoms with van der Waals surface area (Å²) in [5.74, 6) is 2.08. The molecule has 1 atom stereocenters. The third-order valence-corrected chi connectivity index (χ3v) is 10.2. The largest absolute Gasteiger partial charge is 0.493 e. The van der Waals surface area contributed by atoms with Crippen LogP contribution in [0, 0.1) is 5.92 Å². The van der Waals surface area contributed by atoms with Gasteiger partial charge in [0.05, 0.1) is 30.7 Å². The standard InChI is InChI=1S/C30H44N4O7S/c1-30(2,3)40-29(35)33-13-10-23(18-33)39-22-11-14-34(15-12-22)42(36,37)32-28-25-16-24(21-8-9-21)26(17-27(25)41-31-28)38-19-20-6-4-5-7-20/h16-17,20-23H,4-15,18-19H2,1-3H3,(H,31,32)/t23-/m0/s1. The molecule has 4 aliphatic rings. The fourth-order valence-electron chi connectivity index (χ4n) is 6.28. The van der Waals surface area contributed by atoms with Crippen molar-refractivity contribution in [2.24, 2.45) is 5.92 Å². The number of hydrogen-bond donors (Lipinski definition) is 1. The fraction of sp³-hybridized carbons (Fsp3) is 0.733. The molecule has 232 valence electrons. The molecule has 1 aromatic carbocycles. The van der Waals surface area contributed by atoms with Gasteiger partial charge in [-0.15, -0.1) is 0 Å². The van der Waals surface area contributed by atoms with Crippen molar-refractivity contribution in [2.45, 2.75) is 102 Å². The van der Waals surface area contributed by atoms with Crippen molar-refractivity contribution in [3.8, 4) is 5.75 Å². The number of amides is 1. The summed E-state index contributed by atoms with van der Waals surface area (Å²) in [4.78, 5) is 14.0. The van der Waals surface area contributed by atoms with Crippen LogP contribution >= 0.6 is 0 Å². The SMILES string of the molecule is CC(C)(C)OC(=O)N1CC[C@H](OC2CCN(S(=O)(=O)Nc3noc4cc(OCC5CCCC5)c(C5CC5)cc34)CC2)C1. The molecule has 0 radical (unpaired) electrons. The van der Waals surface area contributed by atoms with Crippen LogP contribution < -0.4 is 9.46 Å². The Hall–Kier alpha value is -2.57. The molecule has 1 amide bonds. The minimum absolute atomic E-state index is 0.0586. The molecule has 1 aromatic heterocycles. The summed E-state index contributed by atoms with van der Waals surface area (Å²) in [7, 11) is -3.83. The minimum Gasteiger partial charge on any atom is -0.493 e. The van der Waals surface area contributed by atoms with Gasteiger partial charge in [0.25, 0.3) is 0 Å². The molecule has 0 bridgehead atoms. The molecule has 2 aliphatic heterocycles. The van der Waals surface area contributed by atoms with E-state index in [2.05, 4.69) is 9.88 Å². The molecular formula is C30H44N4O7S. The zero-order valence-electron chi connectivity index (χ0n) is 25.0. The number of benzene rings is 1. The van der Waals surface area contributed by atoms with Gasteiger partial charge in [0.15, 0.2) is 11.4 Å². The van der Waals surface area contributed by atoms with E-state index >= 15 is 0 Å². The van der Waals surface area contributed by atoms with Crippen molar-refractivity contribution in [1.29, 1.82) is 0 Å². The predicted molar refractivity (Wildman–Crippen MR) is 158 cm³/mol. The third kappa shape index (κ3) is 6.97. The van der Waals surface area contributed by atoms with Gasteiger partial charge < -0.3 is 23.6 Å². The second kappa shape index (κ2) is 11.8. The molecule has 2 aromatic rings. The molecule has 4 fully saturated rings. The number of carbonyl (C=O) groups excluding carboxylic acids is 1. The second-order valence-electron chi connectivity index (χ2n) is 13.3. The summed E-state index contributed by atoms with van der Waals surface area (Å²) in [6.07, 6.45) is 8.64. The number of aromatic nitrogens is 1. The number of likely N-dealkylation sites (tertiary alicyclic amines) is 1. The minimum atomic E-state index is -3.83. The Morgan fingerprint density at radius 1 is 1.02 bits per heavy atom. The summed E-state index contributed by atoms with van der Waals surface area (Å²) >= 11 is 0. The predicted octanol–water partition coefficient (Wildman–Crippen LogP) is 5.42. The molecule has 1 N–H and O–H groups in total. The van der Waals surface area contributed by atoms with E-state index in [-0.39, 0.29) is 24.1 Å². The van der Waals surface area contributed by atoms with E-state index in [1.54, 1.807) is 4.90 Å². The van der Waals surface area contributed by atoms with Crippen molar-refractivity contribution >= 4 is 33.1 Å². The first kappa shape index (κ1) is 29.5. The first-order valence-corrected chi connectivity index (χ1v) is 17.0. The molecule has 42 heavy (non-hydrogen) atoms. The van der Waals surface area contributed by atoms with Gasteiger partial charge in [-0.3, -0.25) is 4.72 Å². The summed E-state index contributed by atoms with van der Waals surface area (Å²) in [5, 5.41) is 4.74. The monoisotopic (exact) mass is 604 g/mol. The first-order chi connectivity index (χ1) is 20.0. The first-order valence-electron chi connectivity index (χ1n) is 15.5. The molecule has 6 rings (SSSR count). The van der Waals surface area contributed by atoms with Gasteiger partial charge in [0.1, 0.15) is 11.4 Å². The lowest BCUT2D eigenvalue weighted by Gasteiger charge is -2.32. The van der Waals surface area contributed by atoms with Gasteiger partial charge in [0.2, 0.25) is 0 Å². The van der Waals surface area contributed by atoms with Crippen molar-refractivity contribution in [1.82, 2.24) is 14.4 Å². The van der Waals surface area contributed by atoms with Crippen molar-refractivity contribution in [3.63, 3.8) is 0 Å². The highest BCUT2D eigenvalue weighted by atomic mass is 32.2. The zero-order valence-corrected chi connectivity index (χ0v) is 25.8. The Labute approximate surface area is 248 Å². The van der Waals surface area contributed by atoms with Crippen LogP contribution in [0.5, 0.6) is 5.75 Å². The lowest BCUT2D eigenvalue weighted by Crippen LogP contribution is -2.44. The van der Waals surface area contributed by atoms with Crippen LogP contribution in [-0.2, 0) is 19.7 Å². The Morgan fingerprint density at radius 2 is 1.74 bits per heavy atom. The van der Waals surface area contributed by atoms with Gasteiger partial charge >= 0.3 is 16.3 Å². The van der Waals surface area contributed by atoms with E-state index in [4.69, 9.17) is 18.7 Å². The van der Waals surface area contributed by atoms with Crippen LogP contribution in [0.2, 0.25) is 0 Å². The highest BCUT2D eigenvalue weighted by molar-refractivity contribution is 7.90. The number of nitrogens with zero attached hydrogens (tertiary/aromatic N) is 3. The number of carbonyl (C=O) groups is 1. The van der Waals surface area contributed by atoms with Crippen LogP contribution in [0.25, 0.3) is 11.0 Å². The highest BCUT2D eigenvalue weighted by Crippen LogP contribution is 2.47. The normalized spacial score (nSPS) is 23.1. The summed E-state index contributed by atoms with van der Waals surface area (Å²) in [6, 6.07) is 3.87. The second-order valence-corrected chi connectivity index (χ2v) is 15.0. The van der Waals surface area contributed by atoms with Crippen LogP contribution in [-0.4, -0.2) is 79.5 Å². The van der Waals surface area contributed by atoms with E-state index in [1.807, 2.05) is 32.9 Å². The number of ether oxygens (including phenoxy) is 3. The van der Waals surface area contributed by atoms with Gasteiger partial charge in [-0.25, -0.2) is 4.79 Å². The van der Waals surface area contributed by atoms with Crippen LogP contribution in [0.15, 0.2) is 16.7 Å².